The summed E-state index contributed by atoms with van der Waals surface area (Å²) in [7, 11) is 0. The van der Waals surface area contributed by atoms with E-state index < -0.39 is 0 Å². The third-order valence-corrected chi connectivity index (χ3v) is 6.90. The van der Waals surface area contributed by atoms with E-state index in [9.17, 15) is 0 Å². The highest BCUT2D eigenvalue weighted by Gasteiger charge is 2.61. The van der Waals surface area contributed by atoms with Gasteiger partial charge >= 0.3 is 0 Å². The van der Waals surface area contributed by atoms with Gasteiger partial charge in [0, 0.05) is 11.6 Å². The molecule has 4 unspecified atom stereocenters. The molecule has 0 amide bonds. The predicted molar refractivity (Wildman–Crippen MR) is 80.8 cm³/mol. The van der Waals surface area contributed by atoms with Crippen molar-refractivity contribution in [1.82, 2.24) is 5.32 Å². The lowest BCUT2D eigenvalue weighted by atomic mass is 9.69. The van der Waals surface area contributed by atoms with Gasteiger partial charge in [0.25, 0.3) is 0 Å². The zero-order valence-electron chi connectivity index (χ0n) is 12.8. The van der Waals surface area contributed by atoms with Crippen molar-refractivity contribution >= 4 is 0 Å². The minimum atomic E-state index is 0.378. The van der Waals surface area contributed by atoms with Crippen LogP contribution in [0.3, 0.4) is 0 Å². The summed E-state index contributed by atoms with van der Waals surface area (Å²) >= 11 is 0. The number of hydrogen-bond acceptors (Lipinski definition) is 2. The summed E-state index contributed by atoms with van der Waals surface area (Å²) in [6.07, 6.45) is 4.12. The van der Waals surface area contributed by atoms with Crippen molar-refractivity contribution in [3.63, 3.8) is 0 Å². The van der Waals surface area contributed by atoms with Crippen molar-refractivity contribution in [2.24, 2.45) is 16.7 Å². The molecule has 0 saturated heterocycles. The number of rotatable bonds is 2. The first kappa shape index (κ1) is 12.7. The molecule has 2 heteroatoms. The molecule has 4 rings (SSSR count). The Morgan fingerprint density at radius 2 is 2.00 bits per heavy atom. The van der Waals surface area contributed by atoms with Gasteiger partial charge in [-0.25, -0.2) is 0 Å². The maximum absolute atomic E-state index is 5.82. The van der Waals surface area contributed by atoms with Crippen LogP contribution >= 0.6 is 0 Å². The largest absolute Gasteiger partial charge is 0.491 e. The van der Waals surface area contributed by atoms with Gasteiger partial charge in [-0.2, -0.15) is 0 Å². The van der Waals surface area contributed by atoms with Crippen molar-refractivity contribution in [1.29, 1.82) is 0 Å². The smallest absolute Gasteiger partial charge is 0.124 e. The Kier molecular flexibility index (Phi) is 2.54. The summed E-state index contributed by atoms with van der Waals surface area (Å²) in [5, 5.41) is 3.94. The van der Waals surface area contributed by atoms with Gasteiger partial charge in [0.2, 0.25) is 0 Å². The summed E-state index contributed by atoms with van der Waals surface area (Å²) in [4.78, 5) is 0. The van der Waals surface area contributed by atoms with Crippen LogP contribution in [0.4, 0.5) is 0 Å². The van der Waals surface area contributed by atoms with E-state index in [-0.39, 0.29) is 0 Å². The van der Waals surface area contributed by atoms with Crippen molar-refractivity contribution < 1.29 is 4.74 Å². The fourth-order valence-electron chi connectivity index (χ4n) is 5.00. The lowest BCUT2D eigenvalue weighted by Gasteiger charge is -2.40. The SMILES string of the molecule is CC1(C)C2CCC1(C)C(NC1COc3ccccc31)C2. The highest BCUT2D eigenvalue weighted by atomic mass is 16.5. The van der Waals surface area contributed by atoms with E-state index >= 15 is 0 Å². The molecule has 1 N–H and O–H groups in total. The van der Waals surface area contributed by atoms with Gasteiger partial charge in [0.15, 0.2) is 0 Å². The molecule has 20 heavy (non-hydrogen) atoms. The average molecular weight is 271 g/mol. The molecular formula is C18H25NO. The molecule has 3 aliphatic rings. The van der Waals surface area contributed by atoms with Crippen LogP contribution in [0.15, 0.2) is 24.3 Å². The molecule has 2 saturated carbocycles. The lowest BCUT2D eigenvalue weighted by molar-refractivity contribution is 0.112. The average Bonchev–Trinajstić information content (AvgIpc) is 2.99. The highest BCUT2D eigenvalue weighted by molar-refractivity contribution is 5.39. The maximum atomic E-state index is 5.82. The first-order valence-corrected chi connectivity index (χ1v) is 8.00. The molecule has 0 aromatic heterocycles. The molecule has 1 aromatic carbocycles. The Labute approximate surface area is 121 Å². The van der Waals surface area contributed by atoms with Gasteiger partial charge < -0.3 is 10.1 Å². The number of fused-ring (bicyclic) bond motifs is 3. The molecule has 108 valence electrons. The number of benzene rings is 1. The van der Waals surface area contributed by atoms with Crippen LogP contribution < -0.4 is 10.1 Å². The second-order valence-electron chi connectivity index (χ2n) is 7.73. The molecule has 2 nitrogen and oxygen atoms in total. The van der Waals surface area contributed by atoms with Gasteiger partial charge in [0.1, 0.15) is 12.4 Å². The molecule has 1 aliphatic heterocycles. The predicted octanol–water partition coefficient (Wildman–Crippen LogP) is 3.92. The second kappa shape index (κ2) is 4.00. The molecule has 2 fully saturated rings. The zero-order valence-corrected chi connectivity index (χ0v) is 12.8. The third-order valence-electron chi connectivity index (χ3n) is 6.90. The monoisotopic (exact) mass is 271 g/mol. The van der Waals surface area contributed by atoms with Crippen LogP contribution in [0.5, 0.6) is 5.75 Å². The maximum Gasteiger partial charge on any atom is 0.124 e. The zero-order chi connectivity index (χ0) is 14.0. The topological polar surface area (TPSA) is 21.3 Å². The van der Waals surface area contributed by atoms with E-state index in [1.54, 1.807) is 0 Å². The van der Waals surface area contributed by atoms with Crippen molar-refractivity contribution in [2.75, 3.05) is 6.61 Å². The standard InChI is InChI=1S/C18H25NO/c1-17(2)12-8-9-18(17,3)16(10-12)19-14-11-20-15-7-5-4-6-13(14)15/h4-7,12,14,16,19H,8-11H2,1-3H3. The molecular weight excluding hydrogens is 246 g/mol. The number of nitrogens with one attached hydrogen (secondary N) is 1. The molecule has 1 heterocycles. The summed E-state index contributed by atoms with van der Waals surface area (Å²) < 4.78 is 5.82. The van der Waals surface area contributed by atoms with Gasteiger partial charge in [-0.1, -0.05) is 39.0 Å². The first-order valence-electron chi connectivity index (χ1n) is 8.00. The minimum Gasteiger partial charge on any atom is -0.491 e. The minimum absolute atomic E-state index is 0.378. The van der Waals surface area contributed by atoms with E-state index in [4.69, 9.17) is 4.74 Å². The molecule has 4 atom stereocenters. The van der Waals surface area contributed by atoms with Gasteiger partial charge in [0.05, 0.1) is 6.04 Å². The molecule has 0 radical (unpaired) electrons. The van der Waals surface area contributed by atoms with Crippen molar-refractivity contribution in [2.45, 2.75) is 52.1 Å². The van der Waals surface area contributed by atoms with E-state index in [1.807, 2.05) is 0 Å². The van der Waals surface area contributed by atoms with Crippen LogP contribution in [0.1, 0.15) is 51.6 Å². The van der Waals surface area contributed by atoms with E-state index in [0.717, 1.165) is 18.3 Å². The number of ether oxygens (including phenoxy) is 1. The normalized spacial score (nSPS) is 40.6. The molecule has 2 aliphatic carbocycles. The van der Waals surface area contributed by atoms with Crippen LogP contribution in [0.2, 0.25) is 0 Å². The quantitative estimate of drug-likeness (QED) is 0.880. The second-order valence-corrected chi connectivity index (χ2v) is 7.73. The fraction of sp³-hybridized carbons (Fsp3) is 0.667. The van der Waals surface area contributed by atoms with E-state index in [0.29, 0.717) is 22.9 Å². The van der Waals surface area contributed by atoms with Crippen molar-refractivity contribution in [3.05, 3.63) is 29.8 Å². The summed E-state index contributed by atoms with van der Waals surface area (Å²) in [6, 6.07) is 9.49. The Morgan fingerprint density at radius 3 is 2.70 bits per heavy atom. The molecule has 1 aromatic rings. The lowest BCUT2D eigenvalue weighted by Crippen LogP contribution is -2.46. The van der Waals surface area contributed by atoms with Gasteiger partial charge in [-0.05, 0) is 42.1 Å². The number of hydrogen-bond donors (Lipinski definition) is 1. The van der Waals surface area contributed by atoms with Gasteiger partial charge in [-0.3, -0.25) is 0 Å². The molecule has 0 spiro atoms. The highest BCUT2D eigenvalue weighted by Crippen LogP contribution is 2.65. The van der Waals surface area contributed by atoms with E-state index in [2.05, 4.69) is 50.4 Å². The van der Waals surface area contributed by atoms with Gasteiger partial charge in [-0.15, -0.1) is 0 Å². The van der Waals surface area contributed by atoms with Crippen LogP contribution in [-0.2, 0) is 0 Å². The number of para-hydroxylation sites is 1. The Balaban J connectivity index is 1.58. The summed E-state index contributed by atoms with van der Waals surface area (Å²) in [6.45, 7) is 8.24. The Morgan fingerprint density at radius 1 is 1.20 bits per heavy atom. The first-order chi connectivity index (χ1) is 9.52. The summed E-state index contributed by atoms with van der Waals surface area (Å²) in [5.74, 6) is 1.96. The third kappa shape index (κ3) is 1.49. The fourth-order valence-corrected chi connectivity index (χ4v) is 5.00. The summed E-state index contributed by atoms with van der Waals surface area (Å²) in [5.41, 5.74) is 2.26. The Hall–Kier alpha value is -1.02. The van der Waals surface area contributed by atoms with Crippen LogP contribution in [-0.4, -0.2) is 12.6 Å². The van der Waals surface area contributed by atoms with Crippen LogP contribution in [0.25, 0.3) is 0 Å². The Bertz CT molecular complexity index is 538. The molecule has 2 bridgehead atoms. The van der Waals surface area contributed by atoms with Crippen molar-refractivity contribution in [3.8, 4) is 5.75 Å². The van der Waals surface area contributed by atoms with Crippen LogP contribution in [0, 0.1) is 16.7 Å². The van der Waals surface area contributed by atoms with E-state index in [1.165, 1.54) is 24.8 Å².